The predicted octanol–water partition coefficient (Wildman–Crippen LogP) is 3.81. The molecule has 0 saturated heterocycles. The molecule has 0 aliphatic heterocycles. The highest BCUT2D eigenvalue weighted by atomic mass is 15.2. The Morgan fingerprint density at radius 3 is 2.69 bits per heavy atom. The van der Waals surface area contributed by atoms with Crippen LogP contribution in [0.3, 0.4) is 0 Å². The van der Waals surface area contributed by atoms with Crippen molar-refractivity contribution in [3.63, 3.8) is 0 Å². The third-order valence-electron chi connectivity index (χ3n) is 4.22. The number of rotatable bonds is 10. The molecular weight excluding hydrogens is 322 g/mol. The van der Waals surface area contributed by atoms with E-state index in [1.807, 2.05) is 18.5 Å². The highest BCUT2D eigenvalue weighted by Crippen LogP contribution is 2.07. The van der Waals surface area contributed by atoms with Crippen LogP contribution in [0.1, 0.15) is 51.4 Å². The van der Waals surface area contributed by atoms with Crippen LogP contribution in [0.25, 0.3) is 0 Å². The molecule has 1 heterocycles. The number of aliphatic imine (C=N–C) groups is 1. The van der Waals surface area contributed by atoms with Gasteiger partial charge in [0.2, 0.25) is 0 Å². The summed E-state index contributed by atoms with van der Waals surface area (Å²) in [6.45, 7) is 9.85. The summed E-state index contributed by atoms with van der Waals surface area (Å²) in [5.41, 5.74) is 1.27. The summed E-state index contributed by atoms with van der Waals surface area (Å²) in [7, 11) is 0. The minimum atomic E-state index is 0.571. The molecule has 0 amide bonds. The second kappa shape index (κ2) is 11.3. The molecule has 26 heavy (non-hydrogen) atoms. The Morgan fingerprint density at radius 2 is 1.96 bits per heavy atom. The monoisotopic (exact) mass is 355 g/mol. The minimum Gasteiger partial charge on any atom is -0.357 e. The lowest BCUT2D eigenvalue weighted by Crippen LogP contribution is -2.37. The summed E-state index contributed by atoms with van der Waals surface area (Å²) < 4.78 is 2.16. The van der Waals surface area contributed by atoms with Gasteiger partial charge in [0.1, 0.15) is 12.4 Å². The van der Waals surface area contributed by atoms with Crippen molar-refractivity contribution in [2.24, 2.45) is 10.9 Å². The number of hydrogen-bond donors (Lipinski definition) is 2. The van der Waals surface area contributed by atoms with E-state index in [4.69, 9.17) is 4.99 Å². The van der Waals surface area contributed by atoms with Crippen LogP contribution in [-0.2, 0) is 13.1 Å². The van der Waals surface area contributed by atoms with Gasteiger partial charge in [-0.15, -0.1) is 0 Å². The summed E-state index contributed by atoms with van der Waals surface area (Å²) in [6, 6.07) is 10.4. The molecule has 0 radical (unpaired) electrons. The van der Waals surface area contributed by atoms with E-state index in [1.165, 1.54) is 24.8 Å². The Balaban J connectivity index is 1.87. The van der Waals surface area contributed by atoms with E-state index in [2.05, 4.69) is 65.2 Å². The van der Waals surface area contributed by atoms with Gasteiger partial charge in [0, 0.05) is 32.0 Å². The number of benzene rings is 1. The van der Waals surface area contributed by atoms with E-state index in [0.717, 1.165) is 37.3 Å². The number of imidazole rings is 1. The highest BCUT2D eigenvalue weighted by Gasteiger charge is 2.04. The number of aromatic nitrogens is 2. The van der Waals surface area contributed by atoms with Gasteiger partial charge >= 0.3 is 0 Å². The maximum Gasteiger partial charge on any atom is 0.191 e. The fourth-order valence-electron chi connectivity index (χ4n) is 2.79. The number of unbranched alkanes of at least 4 members (excludes halogenated alkanes) is 1. The lowest BCUT2D eigenvalue weighted by atomic mass is 10.1. The third kappa shape index (κ3) is 7.30. The SMILES string of the molecule is CCNC(=NCc1nccn1Cc1ccccc1)NCCCCC(C)C. The van der Waals surface area contributed by atoms with Crippen molar-refractivity contribution < 1.29 is 0 Å². The molecule has 0 bridgehead atoms. The molecule has 1 aromatic heterocycles. The average molecular weight is 356 g/mol. The van der Waals surface area contributed by atoms with Crippen molar-refractivity contribution in [1.29, 1.82) is 0 Å². The normalized spacial score (nSPS) is 11.8. The van der Waals surface area contributed by atoms with Gasteiger partial charge in [0.25, 0.3) is 0 Å². The minimum absolute atomic E-state index is 0.571. The molecule has 0 saturated carbocycles. The van der Waals surface area contributed by atoms with E-state index >= 15 is 0 Å². The van der Waals surface area contributed by atoms with E-state index in [9.17, 15) is 0 Å². The number of nitrogens with one attached hydrogen (secondary N) is 2. The Kier molecular flexibility index (Phi) is 8.73. The van der Waals surface area contributed by atoms with Crippen LogP contribution in [0.2, 0.25) is 0 Å². The predicted molar refractivity (Wildman–Crippen MR) is 109 cm³/mol. The summed E-state index contributed by atoms with van der Waals surface area (Å²) in [5.74, 6) is 2.62. The van der Waals surface area contributed by atoms with Crippen molar-refractivity contribution in [2.45, 2.75) is 53.1 Å². The standard InChI is InChI=1S/C21H33N5/c1-4-22-21(24-13-9-8-10-18(2)3)25-16-20-23-14-15-26(20)17-19-11-6-5-7-12-19/h5-7,11-12,14-15,18H,4,8-10,13,16-17H2,1-3H3,(H2,22,24,25). The molecule has 0 unspecified atom stereocenters. The summed E-state index contributed by atoms with van der Waals surface area (Å²) in [4.78, 5) is 9.18. The van der Waals surface area contributed by atoms with Gasteiger partial charge < -0.3 is 15.2 Å². The second-order valence-electron chi connectivity index (χ2n) is 6.97. The first-order valence-corrected chi connectivity index (χ1v) is 9.75. The first-order chi connectivity index (χ1) is 12.7. The fourth-order valence-corrected chi connectivity index (χ4v) is 2.79. The number of hydrogen-bond acceptors (Lipinski definition) is 2. The largest absolute Gasteiger partial charge is 0.357 e. The van der Waals surface area contributed by atoms with E-state index < -0.39 is 0 Å². The Morgan fingerprint density at radius 1 is 1.15 bits per heavy atom. The summed E-state index contributed by atoms with van der Waals surface area (Å²) >= 11 is 0. The molecule has 1 aromatic carbocycles. The first kappa shape index (κ1) is 20.0. The first-order valence-electron chi connectivity index (χ1n) is 9.75. The van der Waals surface area contributed by atoms with Gasteiger partial charge in [0.05, 0.1) is 0 Å². The molecule has 2 N–H and O–H groups in total. The molecule has 5 nitrogen and oxygen atoms in total. The quantitative estimate of drug-likeness (QED) is 0.387. The molecule has 0 fully saturated rings. The van der Waals surface area contributed by atoms with Crippen LogP contribution in [0.4, 0.5) is 0 Å². The molecule has 0 atom stereocenters. The van der Waals surface area contributed by atoms with Gasteiger partial charge in [-0.2, -0.15) is 0 Å². The maximum absolute atomic E-state index is 4.70. The van der Waals surface area contributed by atoms with E-state index in [0.29, 0.717) is 6.54 Å². The summed E-state index contributed by atoms with van der Waals surface area (Å²) in [5, 5.41) is 6.74. The molecule has 0 spiro atoms. The smallest absolute Gasteiger partial charge is 0.191 e. The molecule has 142 valence electrons. The van der Waals surface area contributed by atoms with Gasteiger partial charge in [-0.25, -0.2) is 9.98 Å². The zero-order valence-corrected chi connectivity index (χ0v) is 16.4. The van der Waals surface area contributed by atoms with Crippen molar-refractivity contribution in [3.05, 3.63) is 54.1 Å². The fraction of sp³-hybridized carbons (Fsp3) is 0.524. The Labute approximate surface area is 158 Å². The van der Waals surface area contributed by atoms with Crippen molar-refractivity contribution >= 4 is 5.96 Å². The topological polar surface area (TPSA) is 54.2 Å². The van der Waals surface area contributed by atoms with Crippen LogP contribution >= 0.6 is 0 Å². The van der Waals surface area contributed by atoms with Gasteiger partial charge in [-0.05, 0) is 24.8 Å². The van der Waals surface area contributed by atoms with Crippen LogP contribution in [0, 0.1) is 5.92 Å². The average Bonchev–Trinajstić information content (AvgIpc) is 3.07. The Hall–Kier alpha value is -2.30. The highest BCUT2D eigenvalue weighted by molar-refractivity contribution is 5.79. The lowest BCUT2D eigenvalue weighted by Gasteiger charge is -2.12. The molecular formula is C21H33N5. The Bertz CT molecular complexity index is 645. The van der Waals surface area contributed by atoms with E-state index in [1.54, 1.807) is 0 Å². The zero-order chi connectivity index (χ0) is 18.6. The molecule has 0 aliphatic rings. The maximum atomic E-state index is 4.70. The number of guanidine groups is 1. The third-order valence-corrected chi connectivity index (χ3v) is 4.22. The van der Waals surface area contributed by atoms with Gasteiger partial charge in [-0.3, -0.25) is 0 Å². The van der Waals surface area contributed by atoms with Gasteiger partial charge in [0.15, 0.2) is 5.96 Å². The molecule has 2 rings (SSSR count). The van der Waals surface area contributed by atoms with Crippen LogP contribution in [0.15, 0.2) is 47.7 Å². The summed E-state index contributed by atoms with van der Waals surface area (Å²) in [6.07, 6.45) is 7.58. The zero-order valence-electron chi connectivity index (χ0n) is 16.4. The molecule has 5 heteroatoms. The second-order valence-corrected chi connectivity index (χ2v) is 6.97. The van der Waals surface area contributed by atoms with Gasteiger partial charge in [-0.1, -0.05) is 57.0 Å². The molecule has 0 aliphatic carbocycles. The van der Waals surface area contributed by atoms with Crippen LogP contribution in [0.5, 0.6) is 0 Å². The molecule has 2 aromatic rings. The number of nitrogens with zero attached hydrogens (tertiary/aromatic N) is 3. The van der Waals surface area contributed by atoms with Crippen LogP contribution in [-0.4, -0.2) is 28.6 Å². The van der Waals surface area contributed by atoms with E-state index in [-0.39, 0.29) is 0 Å². The van der Waals surface area contributed by atoms with Crippen molar-refractivity contribution in [3.8, 4) is 0 Å². The van der Waals surface area contributed by atoms with Crippen LogP contribution < -0.4 is 10.6 Å². The van der Waals surface area contributed by atoms with Crippen molar-refractivity contribution in [1.82, 2.24) is 20.2 Å². The lowest BCUT2D eigenvalue weighted by molar-refractivity contribution is 0.534. The van der Waals surface area contributed by atoms with Crippen molar-refractivity contribution in [2.75, 3.05) is 13.1 Å².